The summed E-state index contributed by atoms with van der Waals surface area (Å²) in [6.45, 7) is 2.01. The van der Waals surface area contributed by atoms with Crippen molar-refractivity contribution in [3.05, 3.63) is 53.6 Å². The number of ether oxygens (including phenoxy) is 1. The second-order valence-corrected chi connectivity index (χ2v) is 4.69. The molecule has 0 unspecified atom stereocenters. The third-order valence-electron chi connectivity index (χ3n) is 2.85. The van der Waals surface area contributed by atoms with Gasteiger partial charge >= 0.3 is 0 Å². The summed E-state index contributed by atoms with van der Waals surface area (Å²) in [5.41, 5.74) is 9.53. The van der Waals surface area contributed by atoms with Crippen LogP contribution in [-0.2, 0) is 0 Å². The molecule has 0 saturated carbocycles. The first-order valence-electron chi connectivity index (χ1n) is 5.91. The van der Waals surface area contributed by atoms with E-state index in [0.29, 0.717) is 4.99 Å². The van der Waals surface area contributed by atoms with Crippen LogP contribution in [0.4, 0.5) is 11.4 Å². The van der Waals surface area contributed by atoms with Crippen LogP contribution in [0, 0.1) is 6.92 Å². The first-order chi connectivity index (χ1) is 9.10. The highest BCUT2D eigenvalue weighted by molar-refractivity contribution is 7.80. The van der Waals surface area contributed by atoms with Gasteiger partial charge in [-0.2, -0.15) is 0 Å². The van der Waals surface area contributed by atoms with Gasteiger partial charge in [0.1, 0.15) is 10.7 Å². The zero-order valence-electron chi connectivity index (χ0n) is 10.9. The summed E-state index contributed by atoms with van der Waals surface area (Å²) >= 11 is 4.92. The van der Waals surface area contributed by atoms with Crippen molar-refractivity contribution >= 4 is 28.6 Å². The molecule has 0 aromatic heterocycles. The van der Waals surface area contributed by atoms with E-state index in [2.05, 4.69) is 5.32 Å². The van der Waals surface area contributed by atoms with Crippen molar-refractivity contribution in [2.45, 2.75) is 6.92 Å². The van der Waals surface area contributed by atoms with E-state index in [9.17, 15) is 0 Å². The predicted octanol–water partition coefficient (Wildman–Crippen LogP) is 3.38. The Morgan fingerprint density at radius 3 is 2.26 bits per heavy atom. The quantitative estimate of drug-likeness (QED) is 0.838. The lowest BCUT2D eigenvalue weighted by Gasteiger charge is -2.10. The minimum atomic E-state index is 0.409. The summed E-state index contributed by atoms with van der Waals surface area (Å²) in [6, 6.07) is 13.7. The lowest BCUT2D eigenvalue weighted by molar-refractivity contribution is 0.412. The van der Waals surface area contributed by atoms with E-state index >= 15 is 0 Å². The van der Waals surface area contributed by atoms with Crippen molar-refractivity contribution in [3.8, 4) is 5.75 Å². The topological polar surface area (TPSA) is 47.3 Å². The molecule has 0 fully saturated rings. The number of aryl methyl sites for hydroxylation is 1. The molecule has 0 saturated heterocycles. The molecule has 0 radical (unpaired) electrons. The molecule has 0 atom stereocenters. The molecule has 0 bridgehead atoms. The summed E-state index contributed by atoms with van der Waals surface area (Å²) in [7, 11) is 1.67. The second kappa shape index (κ2) is 5.71. The van der Waals surface area contributed by atoms with Gasteiger partial charge < -0.3 is 15.8 Å². The van der Waals surface area contributed by atoms with Crippen LogP contribution in [0.15, 0.2) is 42.5 Å². The standard InChI is InChI=1S/C15H16N2OS/c1-10-9-13(7-8-14(10)18-2)17-12-5-3-11(4-6-12)15(16)19/h3-9,17H,1-2H3,(H2,16,19). The number of anilines is 2. The van der Waals surface area contributed by atoms with Crippen molar-refractivity contribution in [1.29, 1.82) is 0 Å². The Morgan fingerprint density at radius 1 is 1.11 bits per heavy atom. The smallest absolute Gasteiger partial charge is 0.121 e. The van der Waals surface area contributed by atoms with E-state index in [-0.39, 0.29) is 0 Å². The van der Waals surface area contributed by atoms with Crippen LogP contribution < -0.4 is 15.8 Å². The van der Waals surface area contributed by atoms with Crippen molar-refractivity contribution < 1.29 is 4.74 Å². The Labute approximate surface area is 118 Å². The van der Waals surface area contributed by atoms with E-state index in [1.807, 2.05) is 49.4 Å². The fraction of sp³-hybridized carbons (Fsp3) is 0.133. The van der Waals surface area contributed by atoms with Gasteiger partial charge in [0, 0.05) is 16.9 Å². The van der Waals surface area contributed by atoms with Gasteiger partial charge in [0.25, 0.3) is 0 Å². The van der Waals surface area contributed by atoms with Crippen molar-refractivity contribution in [1.82, 2.24) is 0 Å². The first kappa shape index (κ1) is 13.4. The van der Waals surface area contributed by atoms with Gasteiger partial charge in [0.15, 0.2) is 0 Å². The number of thiocarbonyl (C=S) groups is 1. The van der Waals surface area contributed by atoms with Crippen LogP contribution in [-0.4, -0.2) is 12.1 Å². The lowest BCUT2D eigenvalue weighted by Crippen LogP contribution is -2.08. The third kappa shape index (κ3) is 3.23. The van der Waals surface area contributed by atoms with Crippen LogP contribution in [0.5, 0.6) is 5.75 Å². The molecule has 3 nitrogen and oxygen atoms in total. The molecule has 98 valence electrons. The van der Waals surface area contributed by atoms with Crippen molar-refractivity contribution in [2.75, 3.05) is 12.4 Å². The fourth-order valence-electron chi connectivity index (χ4n) is 1.84. The summed E-state index contributed by atoms with van der Waals surface area (Å²) in [6.07, 6.45) is 0. The van der Waals surface area contributed by atoms with E-state index < -0.39 is 0 Å². The molecular weight excluding hydrogens is 256 g/mol. The SMILES string of the molecule is COc1ccc(Nc2ccc(C(N)=S)cc2)cc1C. The van der Waals surface area contributed by atoms with Crippen molar-refractivity contribution in [2.24, 2.45) is 5.73 Å². The van der Waals surface area contributed by atoms with Crippen LogP contribution in [0.25, 0.3) is 0 Å². The second-order valence-electron chi connectivity index (χ2n) is 4.25. The Hall–Kier alpha value is -2.07. The zero-order chi connectivity index (χ0) is 13.8. The molecule has 3 N–H and O–H groups in total. The molecule has 2 aromatic carbocycles. The minimum absolute atomic E-state index is 0.409. The molecule has 0 aliphatic carbocycles. The Morgan fingerprint density at radius 2 is 1.74 bits per heavy atom. The van der Waals surface area contributed by atoms with Gasteiger partial charge in [-0.15, -0.1) is 0 Å². The number of hydrogen-bond acceptors (Lipinski definition) is 3. The third-order valence-corrected chi connectivity index (χ3v) is 3.09. The maximum Gasteiger partial charge on any atom is 0.121 e. The average molecular weight is 272 g/mol. The normalized spacial score (nSPS) is 10.0. The number of hydrogen-bond donors (Lipinski definition) is 2. The van der Waals surface area contributed by atoms with E-state index in [0.717, 1.165) is 28.3 Å². The number of nitrogens with two attached hydrogens (primary N) is 1. The van der Waals surface area contributed by atoms with Gasteiger partial charge in [-0.05, 0) is 55.0 Å². The summed E-state index contributed by atoms with van der Waals surface area (Å²) in [5.74, 6) is 0.884. The van der Waals surface area contributed by atoms with Gasteiger partial charge in [0.2, 0.25) is 0 Å². The van der Waals surface area contributed by atoms with E-state index in [1.165, 1.54) is 0 Å². The van der Waals surface area contributed by atoms with Crippen LogP contribution in [0.1, 0.15) is 11.1 Å². The Bertz CT molecular complexity index is 594. The Balaban J connectivity index is 2.16. The highest BCUT2D eigenvalue weighted by atomic mass is 32.1. The summed E-state index contributed by atoms with van der Waals surface area (Å²) < 4.78 is 5.24. The van der Waals surface area contributed by atoms with Crippen molar-refractivity contribution in [3.63, 3.8) is 0 Å². The highest BCUT2D eigenvalue weighted by Gasteiger charge is 2.01. The zero-order valence-corrected chi connectivity index (χ0v) is 11.8. The Kier molecular flexibility index (Phi) is 4.02. The molecule has 0 aliphatic heterocycles. The summed E-state index contributed by atoms with van der Waals surface area (Å²) in [5, 5.41) is 3.32. The molecule has 0 heterocycles. The number of methoxy groups -OCH3 is 1. The lowest BCUT2D eigenvalue weighted by atomic mass is 10.1. The molecule has 0 aliphatic rings. The van der Waals surface area contributed by atoms with Crippen LogP contribution in [0.2, 0.25) is 0 Å². The van der Waals surface area contributed by atoms with Crippen LogP contribution in [0.3, 0.4) is 0 Å². The molecule has 0 spiro atoms. The number of nitrogens with one attached hydrogen (secondary N) is 1. The maximum atomic E-state index is 5.57. The van der Waals surface area contributed by atoms with Crippen LogP contribution >= 0.6 is 12.2 Å². The average Bonchev–Trinajstić information content (AvgIpc) is 2.39. The molecule has 4 heteroatoms. The molecular formula is C15H16N2OS. The molecule has 2 aromatic rings. The van der Waals surface area contributed by atoms with E-state index in [4.69, 9.17) is 22.7 Å². The van der Waals surface area contributed by atoms with Gasteiger partial charge in [-0.1, -0.05) is 12.2 Å². The first-order valence-corrected chi connectivity index (χ1v) is 6.32. The van der Waals surface area contributed by atoms with Gasteiger partial charge in [-0.25, -0.2) is 0 Å². The minimum Gasteiger partial charge on any atom is -0.496 e. The van der Waals surface area contributed by atoms with E-state index in [1.54, 1.807) is 7.11 Å². The molecule has 0 amide bonds. The largest absolute Gasteiger partial charge is 0.496 e. The number of rotatable bonds is 4. The predicted molar refractivity (Wildman–Crippen MR) is 83.3 cm³/mol. The summed E-state index contributed by atoms with van der Waals surface area (Å²) in [4.78, 5) is 0.409. The molecule has 19 heavy (non-hydrogen) atoms. The van der Waals surface area contributed by atoms with Gasteiger partial charge in [0.05, 0.1) is 7.11 Å². The molecule has 2 rings (SSSR count). The monoisotopic (exact) mass is 272 g/mol. The number of benzene rings is 2. The maximum absolute atomic E-state index is 5.57. The van der Waals surface area contributed by atoms with Gasteiger partial charge in [-0.3, -0.25) is 0 Å². The fourth-order valence-corrected chi connectivity index (χ4v) is 1.98. The highest BCUT2D eigenvalue weighted by Crippen LogP contribution is 2.24.